The molecule has 0 aromatic heterocycles. The molecule has 0 saturated heterocycles. The van der Waals surface area contributed by atoms with Gasteiger partial charge in [0.15, 0.2) is 23.3 Å². The zero-order chi connectivity index (χ0) is 23.3. The summed E-state index contributed by atoms with van der Waals surface area (Å²) in [7, 11) is 0. The quantitative estimate of drug-likeness (QED) is 0.194. The van der Waals surface area contributed by atoms with E-state index in [0.29, 0.717) is 18.6 Å². The van der Waals surface area contributed by atoms with Gasteiger partial charge in [0.2, 0.25) is 0 Å². The molecule has 6 heteroatoms. The van der Waals surface area contributed by atoms with Crippen molar-refractivity contribution in [1.29, 1.82) is 0 Å². The molecule has 0 spiro atoms. The number of aryl methyl sites for hydroxylation is 1. The van der Waals surface area contributed by atoms with E-state index in [2.05, 4.69) is 6.58 Å². The van der Waals surface area contributed by atoms with Gasteiger partial charge in [0, 0.05) is 5.56 Å². The zero-order valence-electron chi connectivity index (χ0n) is 17.4. The second-order valence-corrected chi connectivity index (χ2v) is 7.05. The van der Waals surface area contributed by atoms with Crippen molar-refractivity contribution in [3.8, 4) is 5.75 Å². The van der Waals surface area contributed by atoms with Crippen molar-refractivity contribution in [3.63, 3.8) is 0 Å². The molecule has 0 aliphatic carbocycles. The highest BCUT2D eigenvalue weighted by atomic mass is 19.2. The summed E-state index contributed by atoms with van der Waals surface area (Å²) >= 11 is 0. The fourth-order valence-electron chi connectivity index (χ4n) is 3.28. The van der Waals surface area contributed by atoms with Gasteiger partial charge < -0.3 is 4.74 Å². The van der Waals surface area contributed by atoms with E-state index in [1.165, 1.54) is 42.5 Å². The normalized spacial score (nSPS) is 12.3. The fourth-order valence-corrected chi connectivity index (χ4v) is 3.28. The highest BCUT2D eigenvalue weighted by Gasteiger charge is 2.23. The summed E-state index contributed by atoms with van der Waals surface area (Å²) < 4.78 is 79.0. The Morgan fingerprint density at radius 2 is 1.66 bits per heavy atom. The molecule has 0 unspecified atom stereocenters. The lowest BCUT2D eigenvalue weighted by atomic mass is 9.98. The van der Waals surface area contributed by atoms with Crippen molar-refractivity contribution in [1.82, 2.24) is 0 Å². The van der Waals surface area contributed by atoms with Gasteiger partial charge in [0.1, 0.15) is 18.2 Å². The number of ether oxygens (including phenoxy) is 1. The zero-order valence-corrected chi connectivity index (χ0v) is 17.4. The molecule has 3 rings (SSSR count). The van der Waals surface area contributed by atoms with Crippen molar-refractivity contribution in [2.75, 3.05) is 6.61 Å². The van der Waals surface area contributed by atoms with Crippen molar-refractivity contribution >= 4 is 22.4 Å². The summed E-state index contributed by atoms with van der Waals surface area (Å²) in [6.07, 6.45) is 5.98. The minimum atomic E-state index is -1.65. The molecule has 0 saturated carbocycles. The third-order valence-electron chi connectivity index (χ3n) is 4.92. The molecule has 3 aromatic rings. The van der Waals surface area contributed by atoms with Crippen LogP contribution in [-0.4, -0.2) is 6.61 Å². The van der Waals surface area contributed by atoms with Gasteiger partial charge in [-0.1, -0.05) is 36.9 Å². The van der Waals surface area contributed by atoms with E-state index < -0.39 is 40.1 Å². The average Bonchev–Trinajstić information content (AvgIpc) is 2.80. The molecule has 0 radical (unpaired) electrons. The molecule has 0 amide bonds. The predicted molar refractivity (Wildman–Crippen MR) is 118 cm³/mol. The Hall–Kier alpha value is -3.41. The Morgan fingerprint density at radius 1 is 0.938 bits per heavy atom. The third kappa shape index (κ3) is 4.74. The Labute approximate surface area is 183 Å². The fraction of sp³-hybridized carbons (Fsp3) is 0.154. The summed E-state index contributed by atoms with van der Waals surface area (Å²) in [6, 6.07) is 9.03. The number of rotatable bonds is 8. The Kier molecular flexibility index (Phi) is 7.46. The maximum absolute atomic E-state index is 14.8. The molecule has 0 bridgehead atoms. The van der Waals surface area contributed by atoms with Gasteiger partial charge in [-0.05, 0) is 61.0 Å². The van der Waals surface area contributed by atoms with Gasteiger partial charge in [-0.2, -0.15) is 0 Å². The standard InChI is InChI=1S/C26H21F5O/c1-3-5-6-7-16-8-9-18-15-20(25(30)26(31)21(18)22(16)27)24(29)23(28)17-10-12-19(13-11-17)32-14-4-2/h3-5,8-13,15H,2,6-7,14H2,1H3/b5-3+,24-23?. The number of benzene rings is 3. The van der Waals surface area contributed by atoms with Crippen LogP contribution < -0.4 is 4.74 Å². The molecule has 0 aliphatic heterocycles. The van der Waals surface area contributed by atoms with Crippen LogP contribution in [0.4, 0.5) is 22.0 Å². The van der Waals surface area contributed by atoms with E-state index >= 15 is 0 Å². The monoisotopic (exact) mass is 444 g/mol. The summed E-state index contributed by atoms with van der Waals surface area (Å²) in [5.41, 5.74) is -0.887. The first kappa shape index (κ1) is 23.3. The predicted octanol–water partition coefficient (Wildman–Crippen LogP) is 8.10. The molecule has 166 valence electrons. The maximum atomic E-state index is 14.8. The van der Waals surface area contributed by atoms with E-state index in [0.717, 1.165) is 6.07 Å². The Morgan fingerprint density at radius 3 is 2.31 bits per heavy atom. The lowest BCUT2D eigenvalue weighted by molar-refractivity contribution is 0.363. The van der Waals surface area contributed by atoms with Gasteiger partial charge in [-0.25, -0.2) is 22.0 Å². The highest BCUT2D eigenvalue weighted by molar-refractivity contribution is 5.91. The average molecular weight is 444 g/mol. The van der Waals surface area contributed by atoms with Crippen LogP contribution in [0, 0.1) is 17.5 Å². The van der Waals surface area contributed by atoms with E-state index in [-0.39, 0.29) is 23.1 Å². The van der Waals surface area contributed by atoms with Crippen molar-refractivity contribution in [2.45, 2.75) is 19.8 Å². The second-order valence-electron chi connectivity index (χ2n) is 7.05. The third-order valence-corrected chi connectivity index (χ3v) is 4.92. The number of fused-ring (bicyclic) bond motifs is 1. The van der Waals surface area contributed by atoms with Gasteiger partial charge in [-0.15, -0.1) is 0 Å². The van der Waals surface area contributed by atoms with E-state index in [9.17, 15) is 22.0 Å². The van der Waals surface area contributed by atoms with Gasteiger partial charge >= 0.3 is 0 Å². The Balaban J connectivity index is 2.03. The number of halogens is 5. The van der Waals surface area contributed by atoms with Crippen LogP contribution in [0.15, 0.2) is 67.3 Å². The summed E-state index contributed by atoms with van der Waals surface area (Å²) in [6.45, 7) is 5.56. The van der Waals surface area contributed by atoms with Gasteiger partial charge in [0.05, 0.1) is 10.9 Å². The maximum Gasteiger partial charge on any atom is 0.170 e. The molecule has 32 heavy (non-hydrogen) atoms. The SMILES string of the molecule is C=CCOc1ccc(C(F)=C(F)c2cc3ccc(CC/C=C/C)c(F)c3c(F)c2F)cc1. The molecule has 0 N–H and O–H groups in total. The van der Waals surface area contributed by atoms with Crippen LogP contribution in [0.5, 0.6) is 5.75 Å². The summed E-state index contributed by atoms with van der Waals surface area (Å²) in [4.78, 5) is 0. The number of hydrogen-bond donors (Lipinski definition) is 0. The van der Waals surface area contributed by atoms with E-state index in [1.54, 1.807) is 6.08 Å². The van der Waals surface area contributed by atoms with Crippen LogP contribution in [0.25, 0.3) is 22.4 Å². The van der Waals surface area contributed by atoms with Crippen LogP contribution in [0.3, 0.4) is 0 Å². The lowest BCUT2D eigenvalue weighted by Crippen LogP contribution is -2.00. The van der Waals surface area contributed by atoms with E-state index in [4.69, 9.17) is 4.74 Å². The topological polar surface area (TPSA) is 9.23 Å². The minimum Gasteiger partial charge on any atom is -0.490 e. The minimum absolute atomic E-state index is 0.0673. The lowest BCUT2D eigenvalue weighted by Gasteiger charge is -2.11. The van der Waals surface area contributed by atoms with Crippen molar-refractivity contribution in [3.05, 3.63) is 101 Å². The first-order chi connectivity index (χ1) is 15.4. The molecule has 0 aliphatic rings. The Bertz CT molecular complexity index is 1190. The molecule has 1 nitrogen and oxygen atoms in total. The number of hydrogen-bond acceptors (Lipinski definition) is 1. The van der Waals surface area contributed by atoms with Crippen molar-refractivity contribution < 1.29 is 26.7 Å². The van der Waals surface area contributed by atoms with Gasteiger partial charge in [0.25, 0.3) is 0 Å². The van der Waals surface area contributed by atoms with Gasteiger partial charge in [-0.3, -0.25) is 0 Å². The second kappa shape index (κ2) is 10.3. The van der Waals surface area contributed by atoms with Crippen LogP contribution in [0.1, 0.15) is 30.0 Å². The molecule has 0 fully saturated rings. The van der Waals surface area contributed by atoms with E-state index in [1.807, 2.05) is 13.0 Å². The first-order valence-corrected chi connectivity index (χ1v) is 9.99. The van der Waals surface area contributed by atoms with Crippen LogP contribution in [-0.2, 0) is 6.42 Å². The molecular weight excluding hydrogens is 423 g/mol. The molecule has 0 atom stereocenters. The summed E-state index contributed by atoms with van der Waals surface area (Å²) in [5, 5.41) is -0.650. The largest absolute Gasteiger partial charge is 0.490 e. The van der Waals surface area contributed by atoms with Crippen LogP contribution >= 0.6 is 0 Å². The smallest absolute Gasteiger partial charge is 0.170 e. The number of allylic oxidation sites excluding steroid dienone is 2. The highest BCUT2D eigenvalue weighted by Crippen LogP contribution is 2.36. The molecular formula is C26H21F5O. The first-order valence-electron chi connectivity index (χ1n) is 9.99. The van der Waals surface area contributed by atoms with Crippen LogP contribution in [0.2, 0.25) is 0 Å². The molecule has 3 aromatic carbocycles. The summed E-state index contributed by atoms with van der Waals surface area (Å²) in [5.74, 6) is -6.66. The molecule has 0 heterocycles. The van der Waals surface area contributed by atoms with Crippen molar-refractivity contribution in [2.24, 2.45) is 0 Å².